The lowest BCUT2D eigenvalue weighted by molar-refractivity contribution is 0.475. The number of phenolic OH excluding ortho intramolecular Hbond substituents is 1. The van der Waals surface area contributed by atoms with E-state index in [-0.39, 0.29) is 5.75 Å². The largest absolute Gasteiger partial charge is 0.506 e. The maximum atomic E-state index is 9.45. The fraction of sp³-hybridized carbons (Fsp3) is 0. The van der Waals surface area contributed by atoms with Crippen molar-refractivity contribution >= 4 is 17.6 Å². The number of phenols is 1. The Morgan fingerprint density at radius 3 is 2.83 bits per heavy atom. The number of aromatic hydroxyl groups is 1. The molecule has 1 aromatic rings. The number of anilines is 1. The predicted molar refractivity (Wildman–Crippen MR) is 50.5 cm³/mol. The van der Waals surface area contributed by atoms with Gasteiger partial charge in [-0.25, -0.2) is 4.41 Å². The first-order valence-electron chi connectivity index (χ1n) is 3.54. The van der Waals surface area contributed by atoms with Crippen molar-refractivity contribution < 1.29 is 5.11 Å². The Labute approximate surface area is 74.8 Å². The summed E-state index contributed by atoms with van der Waals surface area (Å²) >= 11 is 1.49. The quantitative estimate of drug-likeness (QED) is 0.646. The van der Waals surface area contributed by atoms with E-state index in [1.807, 2.05) is 23.7 Å². The summed E-state index contributed by atoms with van der Waals surface area (Å²) in [5, 5.41) is 11.4. The fourth-order valence-corrected chi connectivity index (χ4v) is 1.62. The van der Waals surface area contributed by atoms with Crippen LogP contribution in [0.25, 0.3) is 0 Å². The molecular weight excluding hydrogens is 172 g/mol. The molecular formula is C8H8N2OS. The van der Waals surface area contributed by atoms with Gasteiger partial charge in [0, 0.05) is 23.6 Å². The van der Waals surface area contributed by atoms with Crippen LogP contribution in [0.2, 0.25) is 0 Å². The van der Waals surface area contributed by atoms with E-state index < -0.39 is 0 Å². The molecule has 0 bridgehead atoms. The Bertz CT molecular complexity index is 306. The summed E-state index contributed by atoms with van der Waals surface area (Å²) in [6.45, 7) is 0. The highest BCUT2D eigenvalue weighted by molar-refractivity contribution is 8.03. The maximum Gasteiger partial charge on any atom is 0.141 e. The van der Waals surface area contributed by atoms with Gasteiger partial charge in [0.25, 0.3) is 0 Å². The van der Waals surface area contributed by atoms with Gasteiger partial charge >= 0.3 is 0 Å². The van der Waals surface area contributed by atoms with E-state index in [0.29, 0.717) is 0 Å². The molecule has 0 spiro atoms. The van der Waals surface area contributed by atoms with Crippen LogP contribution in [0.5, 0.6) is 5.75 Å². The van der Waals surface area contributed by atoms with Crippen molar-refractivity contribution in [3.63, 3.8) is 0 Å². The Morgan fingerprint density at radius 1 is 1.33 bits per heavy atom. The molecule has 2 N–H and O–H groups in total. The van der Waals surface area contributed by atoms with Crippen molar-refractivity contribution in [1.29, 1.82) is 0 Å². The van der Waals surface area contributed by atoms with Crippen LogP contribution in [-0.2, 0) is 0 Å². The lowest BCUT2D eigenvalue weighted by Crippen LogP contribution is -2.22. The minimum absolute atomic E-state index is 0.279. The molecule has 3 nitrogen and oxygen atoms in total. The summed E-state index contributed by atoms with van der Waals surface area (Å²) < 4.78 is 1.79. The van der Waals surface area contributed by atoms with E-state index in [1.54, 1.807) is 16.5 Å². The van der Waals surface area contributed by atoms with Crippen molar-refractivity contribution in [3.05, 3.63) is 35.9 Å². The molecule has 1 heterocycles. The number of benzene rings is 1. The zero-order chi connectivity index (χ0) is 8.39. The summed E-state index contributed by atoms with van der Waals surface area (Å²) in [5.74, 6) is 0.279. The molecule has 0 aromatic heterocycles. The van der Waals surface area contributed by atoms with Crippen LogP contribution in [0.3, 0.4) is 0 Å². The number of hydrazine groups is 1. The molecule has 0 amide bonds. The van der Waals surface area contributed by atoms with Crippen LogP contribution in [0.4, 0.5) is 5.69 Å². The monoisotopic (exact) mass is 180 g/mol. The molecule has 0 aliphatic carbocycles. The zero-order valence-electron chi connectivity index (χ0n) is 6.27. The first-order chi connectivity index (χ1) is 5.88. The highest BCUT2D eigenvalue weighted by atomic mass is 32.2. The van der Waals surface area contributed by atoms with Crippen molar-refractivity contribution in [3.8, 4) is 5.75 Å². The summed E-state index contributed by atoms with van der Waals surface area (Å²) in [4.78, 5) is 0. The molecule has 62 valence electrons. The van der Waals surface area contributed by atoms with E-state index in [2.05, 4.69) is 5.43 Å². The van der Waals surface area contributed by atoms with Gasteiger partial charge in [-0.2, -0.15) is 0 Å². The lowest BCUT2D eigenvalue weighted by atomic mass is 10.3. The summed E-state index contributed by atoms with van der Waals surface area (Å²) in [5.41, 5.74) is 3.74. The highest BCUT2D eigenvalue weighted by Gasteiger charge is 2.11. The molecule has 0 unspecified atom stereocenters. The predicted octanol–water partition coefficient (Wildman–Crippen LogP) is 1.84. The van der Waals surface area contributed by atoms with E-state index in [0.717, 1.165) is 5.69 Å². The molecule has 0 saturated carbocycles. The van der Waals surface area contributed by atoms with Gasteiger partial charge in [-0.3, -0.25) is 5.43 Å². The first kappa shape index (κ1) is 7.36. The second-order valence-electron chi connectivity index (χ2n) is 2.32. The fourth-order valence-electron chi connectivity index (χ4n) is 0.982. The minimum atomic E-state index is 0.279. The van der Waals surface area contributed by atoms with Crippen molar-refractivity contribution in [1.82, 2.24) is 5.43 Å². The molecule has 0 fully saturated rings. The Hall–Kier alpha value is -1.29. The third kappa shape index (κ3) is 1.21. The second kappa shape index (κ2) is 2.98. The Morgan fingerprint density at radius 2 is 2.17 bits per heavy atom. The van der Waals surface area contributed by atoms with E-state index in [9.17, 15) is 5.11 Å². The van der Waals surface area contributed by atoms with Gasteiger partial charge in [-0.15, -0.1) is 0 Å². The van der Waals surface area contributed by atoms with Crippen LogP contribution < -0.4 is 9.84 Å². The van der Waals surface area contributed by atoms with Crippen LogP contribution in [0, 0.1) is 0 Å². The van der Waals surface area contributed by atoms with Crippen molar-refractivity contribution in [2.24, 2.45) is 0 Å². The van der Waals surface area contributed by atoms with Crippen molar-refractivity contribution in [2.45, 2.75) is 0 Å². The first-order valence-corrected chi connectivity index (χ1v) is 4.38. The molecule has 0 saturated heterocycles. The standard InChI is InChI=1S/C8H8N2OS/c11-8-4-2-1-3-7(8)10-9-5-6-12-10/h1-6,9,11H. The topological polar surface area (TPSA) is 35.5 Å². The van der Waals surface area contributed by atoms with E-state index in [4.69, 9.17) is 0 Å². The molecule has 4 heteroatoms. The minimum Gasteiger partial charge on any atom is -0.506 e. The molecule has 1 aliphatic rings. The number of rotatable bonds is 1. The molecule has 0 atom stereocenters. The third-order valence-electron chi connectivity index (χ3n) is 1.53. The van der Waals surface area contributed by atoms with Crippen LogP contribution >= 0.6 is 11.9 Å². The van der Waals surface area contributed by atoms with Crippen LogP contribution in [0.15, 0.2) is 35.9 Å². The number of para-hydroxylation sites is 2. The third-order valence-corrected chi connectivity index (χ3v) is 2.30. The number of hydrogen-bond donors (Lipinski definition) is 2. The van der Waals surface area contributed by atoms with Gasteiger partial charge in [0.1, 0.15) is 11.4 Å². The molecule has 2 rings (SSSR count). The van der Waals surface area contributed by atoms with Gasteiger partial charge in [0.2, 0.25) is 0 Å². The SMILES string of the molecule is Oc1ccccc1N1NC=CS1. The molecule has 1 aliphatic heterocycles. The van der Waals surface area contributed by atoms with Gasteiger partial charge in [-0.05, 0) is 12.1 Å². The molecule has 12 heavy (non-hydrogen) atoms. The van der Waals surface area contributed by atoms with Gasteiger partial charge in [0.05, 0.1) is 0 Å². The second-order valence-corrected chi connectivity index (χ2v) is 3.17. The normalized spacial score (nSPS) is 14.8. The molecule has 0 radical (unpaired) electrons. The Kier molecular flexibility index (Phi) is 1.83. The summed E-state index contributed by atoms with van der Waals surface area (Å²) in [6, 6.07) is 7.20. The van der Waals surface area contributed by atoms with Gasteiger partial charge in [0.15, 0.2) is 0 Å². The van der Waals surface area contributed by atoms with E-state index in [1.165, 1.54) is 11.9 Å². The summed E-state index contributed by atoms with van der Waals surface area (Å²) in [6.07, 6.45) is 1.82. The number of nitrogens with zero attached hydrogens (tertiary/aromatic N) is 1. The molecule has 1 aromatic carbocycles. The number of nitrogens with one attached hydrogen (secondary N) is 1. The smallest absolute Gasteiger partial charge is 0.141 e. The average molecular weight is 180 g/mol. The maximum absolute atomic E-state index is 9.45. The van der Waals surface area contributed by atoms with Gasteiger partial charge in [-0.1, -0.05) is 12.1 Å². The number of hydrogen-bond acceptors (Lipinski definition) is 4. The summed E-state index contributed by atoms with van der Waals surface area (Å²) in [7, 11) is 0. The lowest BCUT2D eigenvalue weighted by Gasteiger charge is -2.16. The zero-order valence-corrected chi connectivity index (χ0v) is 7.08. The van der Waals surface area contributed by atoms with Gasteiger partial charge < -0.3 is 5.11 Å². The van der Waals surface area contributed by atoms with Crippen LogP contribution in [0.1, 0.15) is 0 Å². The highest BCUT2D eigenvalue weighted by Crippen LogP contribution is 2.31. The van der Waals surface area contributed by atoms with Crippen molar-refractivity contribution in [2.75, 3.05) is 4.41 Å². The average Bonchev–Trinajstić information content (AvgIpc) is 2.57. The van der Waals surface area contributed by atoms with E-state index >= 15 is 0 Å². The van der Waals surface area contributed by atoms with Crippen LogP contribution in [-0.4, -0.2) is 5.11 Å². The Balaban J connectivity index is 2.27.